The van der Waals surface area contributed by atoms with Crippen molar-refractivity contribution < 1.29 is 13.2 Å². The van der Waals surface area contributed by atoms with E-state index in [0.29, 0.717) is 22.8 Å². The van der Waals surface area contributed by atoms with Gasteiger partial charge in [-0.15, -0.1) is 0 Å². The molecule has 0 N–H and O–H groups in total. The number of aldehydes is 1. The fourth-order valence-electron chi connectivity index (χ4n) is 4.18. The van der Waals surface area contributed by atoms with E-state index in [9.17, 15) is 13.2 Å². The van der Waals surface area contributed by atoms with Gasteiger partial charge < -0.3 is 0 Å². The number of hydrogen-bond donors (Lipinski definition) is 0. The van der Waals surface area contributed by atoms with E-state index in [1.807, 2.05) is 73.7 Å². The van der Waals surface area contributed by atoms with Gasteiger partial charge in [-0.05, 0) is 41.8 Å². The molecular weight excluding hydrogens is 430 g/mol. The SMILES string of the molecule is Cc1ccc(S(=O)(=O)n2c(C=O)c(-c3ccc(-c4ccccc4)cc3)c3ccccc32)cc1. The van der Waals surface area contributed by atoms with E-state index in [4.69, 9.17) is 0 Å². The molecule has 0 bridgehead atoms. The summed E-state index contributed by atoms with van der Waals surface area (Å²) < 4.78 is 28.4. The van der Waals surface area contributed by atoms with Gasteiger partial charge in [-0.3, -0.25) is 4.79 Å². The zero-order chi connectivity index (χ0) is 23.0. The molecule has 162 valence electrons. The van der Waals surface area contributed by atoms with Crippen LogP contribution in [0.25, 0.3) is 33.2 Å². The number of carbonyl (C=O) groups excluding carboxylic acids is 1. The van der Waals surface area contributed by atoms with Gasteiger partial charge >= 0.3 is 0 Å². The van der Waals surface area contributed by atoms with E-state index >= 15 is 0 Å². The fourth-order valence-corrected chi connectivity index (χ4v) is 5.68. The summed E-state index contributed by atoms with van der Waals surface area (Å²) in [6, 6.07) is 31.7. The Labute approximate surface area is 192 Å². The minimum atomic E-state index is -3.98. The topological polar surface area (TPSA) is 56.1 Å². The van der Waals surface area contributed by atoms with Crippen LogP contribution in [0.2, 0.25) is 0 Å². The highest BCUT2D eigenvalue weighted by molar-refractivity contribution is 7.90. The van der Waals surface area contributed by atoms with E-state index in [-0.39, 0.29) is 10.6 Å². The molecule has 4 nitrogen and oxygen atoms in total. The zero-order valence-electron chi connectivity index (χ0n) is 18.0. The smallest absolute Gasteiger partial charge is 0.268 e. The van der Waals surface area contributed by atoms with Crippen LogP contribution in [0, 0.1) is 6.92 Å². The molecule has 4 aromatic carbocycles. The third-order valence-corrected chi connectivity index (χ3v) is 7.56. The Morgan fingerprint density at radius 1 is 0.667 bits per heavy atom. The number of rotatable bonds is 5. The predicted octanol–water partition coefficient (Wildman–Crippen LogP) is 6.33. The van der Waals surface area contributed by atoms with Crippen LogP contribution in [0.3, 0.4) is 0 Å². The first-order chi connectivity index (χ1) is 16.0. The number of fused-ring (bicyclic) bond motifs is 1. The number of aromatic nitrogens is 1. The molecule has 5 aromatic rings. The molecule has 5 rings (SSSR count). The molecule has 33 heavy (non-hydrogen) atoms. The number of para-hydroxylation sites is 1. The van der Waals surface area contributed by atoms with Gasteiger partial charge in [0.05, 0.1) is 10.4 Å². The van der Waals surface area contributed by atoms with E-state index in [2.05, 4.69) is 0 Å². The van der Waals surface area contributed by atoms with Crippen molar-refractivity contribution in [2.45, 2.75) is 11.8 Å². The van der Waals surface area contributed by atoms with Gasteiger partial charge in [0.25, 0.3) is 10.0 Å². The second-order valence-corrected chi connectivity index (χ2v) is 9.71. The minimum absolute atomic E-state index is 0.115. The summed E-state index contributed by atoms with van der Waals surface area (Å²) in [4.78, 5) is 12.5. The maximum atomic E-state index is 13.6. The molecule has 0 aliphatic carbocycles. The lowest BCUT2D eigenvalue weighted by molar-refractivity contribution is 0.111. The van der Waals surface area contributed by atoms with Crippen molar-refractivity contribution in [3.8, 4) is 22.3 Å². The standard InChI is InChI=1S/C28H21NO3S/c1-20-11-17-24(18-12-20)33(31,32)29-26-10-6-5-9-25(26)28(27(29)19-30)23-15-13-22(14-16-23)21-7-3-2-4-8-21/h2-19H,1H3. The molecule has 0 unspecified atom stereocenters. The lowest BCUT2D eigenvalue weighted by Gasteiger charge is -2.10. The van der Waals surface area contributed by atoms with Gasteiger partial charge in [-0.25, -0.2) is 12.4 Å². The van der Waals surface area contributed by atoms with E-state index in [1.54, 1.807) is 36.4 Å². The third kappa shape index (κ3) is 3.56. The summed E-state index contributed by atoms with van der Waals surface area (Å²) in [5, 5.41) is 0.711. The molecule has 1 aromatic heterocycles. The van der Waals surface area contributed by atoms with Gasteiger partial charge in [0.1, 0.15) is 5.69 Å². The van der Waals surface area contributed by atoms with Crippen LogP contribution in [0.4, 0.5) is 0 Å². The van der Waals surface area contributed by atoms with Crippen molar-refractivity contribution in [2.75, 3.05) is 0 Å². The average molecular weight is 452 g/mol. The summed E-state index contributed by atoms with van der Waals surface area (Å²) in [7, 11) is -3.98. The maximum Gasteiger partial charge on any atom is 0.268 e. The zero-order valence-corrected chi connectivity index (χ0v) is 18.8. The number of carbonyl (C=O) groups is 1. The molecule has 5 heteroatoms. The summed E-state index contributed by atoms with van der Waals surface area (Å²) in [5.74, 6) is 0. The highest BCUT2D eigenvalue weighted by atomic mass is 32.2. The first-order valence-corrected chi connectivity index (χ1v) is 12.0. The molecular formula is C28H21NO3S. The van der Waals surface area contributed by atoms with Crippen molar-refractivity contribution in [2.24, 2.45) is 0 Å². The van der Waals surface area contributed by atoms with Gasteiger partial charge in [0.15, 0.2) is 6.29 Å². The molecule has 0 amide bonds. The third-order valence-electron chi connectivity index (χ3n) is 5.82. The van der Waals surface area contributed by atoms with Crippen LogP contribution in [0.1, 0.15) is 16.1 Å². The summed E-state index contributed by atoms with van der Waals surface area (Å²) in [6.07, 6.45) is 0.631. The van der Waals surface area contributed by atoms with Crippen LogP contribution in [-0.2, 0) is 10.0 Å². The summed E-state index contributed by atoms with van der Waals surface area (Å²) in [5.41, 5.74) is 5.07. The molecule has 0 spiro atoms. The van der Waals surface area contributed by atoms with Crippen molar-refractivity contribution in [1.29, 1.82) is 0 Å². The largest absolute Gasteiger partial charge is 0.296 e. The van der Waals surface area contributed by atoms with Gasteiger partial charge in [0.2, 0.25) is 0 Å². The summed E-state index contributed by atoms with van der Waals surface area (Å²) >= 11 is 0. The number of nitrogens with zero attached hydrogens (tertiary/aromatic N) is 1. The van der Waals surface area contributed by atoms with Crippen LogP contribution >= 0.6 is 0 Å². The first kappa shape index (κ1) is 20.9. The molecule has 1 heterocycles. The van der Waals surface area contributed by atoms with E-state index in [0.717, 1.165) is 22.3 Å². The van der Waals surface area contributed by atoms with E-state index in [1.165, 1.54) is 3.97 Å². The lowest BCUT2D eigenvalue weighted by Crippen LogP contribution is -2.15. The molecule has 0 atom stereocenters. The van der Waals surface area contributed by atoms with Crippen LogP contribution < -0.4 is 0 Å². The van der Waals surface area contributed by atoms with Crippen LogP contribution in [0.5, 0.6) is 0 Å². The normalized spacial score (nSPS) is 11.5. The Kier molecular flexibility index (Phi) is 5.19. The molecule has 0 radical (unpaired) electrons. The van der Waals surface area contributed by atoms with Crippen molar-refractivity contribution in [1.82, 2.24) is 3.97 Å². The lowest BCUT2D eigenvalue weighted by atomic mass is 9.98. The van der Waals surface area contributed by atoms with Gasteiger partial charge in [-0.1, -0.05) is 90.5 Å². The minimum Gasteiger partial charge on any atom is -0.296 e. The molecule has 0 saturated carbocycles. The number of aryl methyl sites for hydroxylation is 1. The summed E-state index contributed by atoms with van der Waals surface area (Å²) in [6.45, 7) is 1.90. The van der Waals surface area contributed by atoms with E-state index < -0.39 is 10.0 Å². The van der Waals surface area contributed by atoms with Crippen molar-refractivity contribution in [3.05, 3.63) is 114 Å². The quantitative estimate of drug-likeness (QED) is 0.293. The molecule has 0 saturated heterocycles. The first-order valence-electron chi connectivity index (χ1n) is 10.6. The monoisotopic (exact) mass is 451 g/mol. The highest BCUT2D eigenvalue weighted by Crippen LogP contribution is 2.37. The molecule has 0 fully saturated rings. The maximum absolute atomic E-state index is 13.6. The predicted molar refractivity (Wildman–Crippen MR) is 132 cm³/mol. The molecule has 0 aliphatic rings. The fraction of sp³-hybridized carbons (Fsp3) is 0.0357. The van der Waals surface area contributed by atoms with Crippen molar-refractivity contribution in [3.63, 3.8) is 0 Å². The number of hydrogen-bond acceptors (Lipinski definition) is 3. The van der Waals surface area contributed by atoms with Gasteiger partial charge in [-0.2, -0.15) is 0 Å². The van der Waals surface area contributed by atoms with Crippen molar-refractivity contribution >= 4 is 27.2 Å². The molecule has 0 aliphatic heterocycles. The Hall–Kier alpha value is -3.96. The highest BCUT2D eigenvalue weighted by Gasteiger charge is 2.27. The Bertz CT molecular complexity index is 1560. The van der Waals surface area contributed by atoms with Crippen LogP contribution in [-0.4, -0.2) is 18.7 Å². The average Bonchev–Trinajstić information content (AvgIpc) is 3.20. The Balaban J connectivity index is 1.73. The Morgan fingerprint density at radius 3 is 1.91 bits per heavy atom. The second-order valence-electron chi connectivity index (χ2n) is 7.92. The second kappa shape index (κ2) is 8.19. The Morgan fingerprint density at radius 2 is 1.24 bits per heavy atom. The van der Waals surface area contributed by atoms with Gasteiger partial charge in [0, 0.05) is 10.9 Å². The van der Waals surface area contributed by atoms with Crippen LogP contribution in [0.15, 0.2) is 108 Å². The number of benzene rings is 4.